The van der Waals surface area contributed by atoms with Gasteiger partial charge < -0.3 is 9.47 Å². The Bertz CT molecular complexity index is 933. The van der Waals surface area contributed by atoms with Crippen LogP contribution in [0.25, 0.3) is 0 Å². The molecule has 0 bridgehead atoms. The molecule has 6 heteroatoms. The number of fused-ring (bicyclic) bond motifs is 3. The van der Waals surface area contributed by atoms with Crippen molar-refractivity contribution in [1.82, 2.24) is 0 Å². The second kappa shape index (κ2) is 7.79. The first-order valence-electron chi connectivity index (χ1n) is 9.73. The van der Waals surface area contributed by atoms with Crippen LogP contribution in [0, 0.1) is 17.8 Å². The van der Waals surface area contributed by atoms with Crippen molar-refractivity contribution in [1.29, 1.82) is 0 Å². The molecule has 3 rings (SSSR count). The molecule has 2 heterocycles. The predicted octanol–water partition coefficient (Wildman–Crippen LogP) is 4.55. The second-order valence-corrected chi connectivity index (χ2v) is 8.40. The van der Waals surface area contributed by atoms with E-state index in [0.29, 0.717) is 22.8 Å². The number of hydrogen-bond acceptors (Lipinski definition) is 5. The number of halogens is 1. The Labute approximate surface area is 175 Å². The van der Waals surface area contributed by atoms with Crippen molar-refractivity contribution in [3.8, 4) is 0 Å². The van der Waals surface area contributed by atoms with Crippen LogP contribution in [0.15, 0.2) is 58.1 Å². The Morgan fingerprint density at radius 2 is 2.03 bits per heavy atom. The fourth-order valence-electron chi connectivity index (χ4n) is 4.00. The van der Waals surface area contributed by atoms with Crippen LogP contribution in [0.3, 0.4) is 0 Å². The summed E-state index contributed by atoms with van der Waals surface area (Å²) in [6, 6.07) is 0. The van der Waals surface area contributed by atoms with Gasteiger partial charge in [0.2, 0.25) is 5.78 Å². The van der Waals surface area contributed by atoms with Gasteiger partial charge in [-0.05, 0) is 38.8 Å². The van der Waals surface area contributed by atoms with Gasteiger partial charge in [-0.25, -0.2) is 0 Å². The first kappa shape index (κ1) is 21.3. The molecule has 4 unspecified atom stereocenters. The molecule has 0 aromatic rings. The number of esters is 1. The van der Waals surface area contributed by atoms with Crippen molar-refractivity contribution < 1.29 is 23.9 Å². The van der Waals surface area contributed by atoms with Crippen LogP contribution in [0.5, 0.6) is 0 Å². The van der Waals surface area contributed by atoms with Crippen LogP contribution in [-0.2, 0) is 23.9 Å². The van der Waals surface area contributed by atoms with Crippen LogP contribution >= 0.6 is 11.6 Å². The minimum atomic E-state index is -1.50. The summed E-state index contributed by atoms with van der Waals surface area (Å²) in [6.07, 6.45) is 10.1. The first-order valence-corrected chi connectivity index (χ1v) is 10.1. The lowest BCUT2D eigenvalue weighted by Crippen LogP contribution is -2.47. The molecule has 1 saturated heterocycles. The normalized spacial score (nSPS) is 30.3. The van der Waals surface area contributed by atoms with Crippen molar-refractivity contribution >= 4 is 29.1 Å². The van der Waals surface area contributed by atoms with E-state index in [1.54, 1.807) is 12.2 Å². The SMILES string of the molecule is CCC(C)C=C(C)/C=C/C1=CC2=C(Cl)C(=O)C3(C)OC(=O)C(C(C)=O)C3C2=CO1. The van der Waals surface area contributed by atoms with E-state index in [2.05, 4.69) is 19.9 Å². The minimum Gasteiger partial charge on any atom is -0.465 e. The van der Waals surface area contributed by atoms with E-state index in [1.807, 2.05) is 13.0 Å². The average molecular weight is 417 g/mol. The van der Waals surface area contributed by atoms with E-state index >= 15 is 0 Å². The molecule has 0 aromatic heterocycles. The van der Waals surface area contributed by atoms with Gasteiger partial charge >= 0.3 is 5.97 Å². The molecule has 0 N–H and O–H groups in total. The zero-order valence-corrected chi connectivity index (χ0v) is 18.0. The highest BCUT2D eigenvalue weighted by atomic mass is 35.5. The highest BCUT2D eigenvalue weighted by Gasteiger charge is 2.63. The van der Waals surface area contributed by atoms with Crippen LogP contribution < -0.4 is 0 Å². The molecule has 154 valence electrons. The van der Waals surface area contributed by atoms with Gasteiger partial charge in [-0.1, -0.05) is 49.6 Å². The van der Waals surface area contributed by atoms with Crippen LogP contribution in [0.2, 0.25) is 0 Å². The zero-order valence-electron chi connectivity index (χ0n) is 17.2. The van der Waals surface area contributed by atoms with Crippen molar-refractivity contribution in [2.75, 3.05) is 0 Å². The van der Waals surface area contributed by atoms with Crippen molar-refractivity contribution in [3.05, 3.63) is 58.1 Å². The average Bonchev–Trinajstić information content (AvgIpc) is 2.96. The van der Waals surface area contributed by atoms with Gasteiger partial charge in [-0.2, -0.15) is 0 Å². The van der Waals surface area contributed by atoms with Gasteiger partial charge in [0.25, 0.3) is 0 Å². The van der Waals surface area contributed by atoms with Crippen molar-refractivity contribution in [2.45, 2.75) is 46.6 Å². The molecule has 0 aromatic carbocycles. The molecular weight excluding hydrogens is 392 g/mol. The molecular formula is C23H25ClO5. The molecule has 5 nitrogen and oxygen atoms in total. The monoisotopic (exact) mass is 416 g/mol. The summed E-state index contributed by atoms with van der Waals surface area (Å²) in [5.74, 6) is -2.37. The summed E-state index contributed by atoms with van der Waals surface area (Å²) in [6.45, 7) is 9.11. The molecule has 1 aliphatic carbocycles. The third-order valence-corrected chi connectivity index (χ3v) is 6.15. The molecule has 0 radical (unpaired) electrons. The third kappa shape index (κ3) is 3.64. The Morgan fingerprint density at radius 1 is 1.34 bits per heavy atom. The van der Waals surface area contributed by atoms with E-state index < -0.39 is 29.2 Å². The molecule has 4 atom stereocenters. The number of ether oxygens (including phenoxy) is 2. The van der Waals surface area contributed by atoms with Gasteiger partial charge in [0.1, 0.15) is 17.5 Å². The van der Waals surface area contributed by atoms with Crippen LogP contribution in [-0.4, -0.2) is 23.1 Å². The minimum absolute atomic E-state index is 0.0203. The van der Waals surface area contributed by atoms with E-state index in [9.17, 15) is 14.4 Å². The number of carbonyl (C=O) groups excluding carboxylic acids is 3. The van der Waals surface area contributed by atoms with Crippen molar-refractivity contribution in [3.63, 3.8) is 0 Å². The quantitative estimate of drug-likeness (QED) is 0.373. The Morgan fingerprint density at radius 3 is 2.66 bits per heavy atom. The Hall–Kier alpha value is -2.40. The Balaban J connectivity index is 1.98. The van der Waals surface area contributed by atoms with Gasteiger partial charge in [-0.3, -0.25) is 14.4 Å². The molecule has 0 amide bonds. The van der Waals surface area contributed by atoms with E-state index in [-0.39, 0.29) is 10.8 Å². The summed E-state index contributed by atoms with van der Waals surface area (Å²) in [5, 5.41) is -0.0203. The lowest BCUT2D eigenvalue weighted by atomic mass is 9.68. The zero-order chi connectivity index (χ0) is 21.5. The van der Waals surface area contributed by atoms with Gasteiger partial charge in [-0.15, -0.1) is 0 Å². The number of rotatable bonds is 5. The fraction of sp³-hybridized carbons (Fsp3) is 0.435. The topological polar surface area (TPSA) is 69.7 Å². The van der Waals surface area contributed by atoms with Crippen LogP contribution in [0.1, 0.15) is 41.0 Å². The first-order chi connectivity index (χ1) is 13.6. The third-order valence-electron chi connectivity index (χ3n) is 5.77. The van der Waals surface area contributed by atoms with E-state index in [1.165, 1.54) is 20.1 Å². The molecule has 1 fully saturated rings. The number of allylic oxidation sites excluding steroid dienone is 6. The maximum Gasteiger partial charge on any atom is 0.318 e. The largest absolute Gasteiger partial charge is 0.465 e. The summed E-state index contributed by atoms with van der Waals surface area (Å²) in [7, 11) is 0. The smallest absolute Gasteiger partial charge is 0.318 e. The highest BCUT2D eigenvalue weighted by Crippen LogP contribution is 2.52. The second-order valence-electron chi connectivity index (χ2n) is 8.02. The lowest BCUT2D eigenvalue weighted by Gasteiger charge is -2.36. The summed E-state index contributed by atoms with van der Waals surface area (Å²) in [5.41, 5.74) is 0.600. The van der Waals surface area contributed by atoms with Gasteiger partial charge in [0.15, 0.2) is 5.60 Å². The van der Waals surface area contributed by atoms with E-state index in [0.717, 1.165) is 12.0 Å². The molecule has 3 aliphatic rings. The summed E-state index contributed by atoms with van der Waals surface area (Å²) >= 11 is 6.36. The molecule has 2 aliphatic heterocycles. The number of carbonyl (C=O) groups is 3. The molecule has 0 spiro atoms. The van der Waals surface area contributed by atoms with E-state index in [4.69, 9.17) is 21.1 Å². The number of ketones is 2. The summed E-state index contributed by atoms with van der Waals surface area (Å²) in [4.78, 5) is 37.3. The van der Waals surface area contributed by atoms with Gasteiger partial charge in [0, 0.05) is 11.1 Å². The lowest BCUT2D eigenvalue weighted by molar-refractivity contribution is -0.156. The molecule has 0 saturated carbocycles. The maximum atomic E-state index is 12.9. The Kier molecular flexibility index (Phi) is 5.72. The number of hydrogen-bond donors (Lipinski definition) is 0. The standard InChI is InChI=1S/C23H25ClO5/c1-6-12(2)9-13(3)7-8-15-10-16-17(11-28-15)19-18(14(4)25)22(27)29-23(19,5)21(26)20(16)24/h7-12,18-19H,6H2,1-5H3/b8-7+,13-9?. The van der Waals surface area contributed by atoms with Crippen molar-refractivity contribution in [2.24, 2.45) is 17.8 Å². The maximum absolute atomic E-state index is 12.9. The predicted molar refractivity (Wildman–Crippen MR) is 110 cm³/mol. The van der Waals surface area contributed by atoms with Crippen LogP contribution in [0.4, 0.5) is 0 Å². The highest BCUT2D eigenvalue weighted by molar-refractivity contribution is 6.45. The molecule has 29 heavy (non-hydrogen) atoms. The summed E-state index contributed by atoms with van der Waals surface area (Å²) < 4.78 is 11.1. The fourth-order valence-corrected chi connectivity index (χ4v) is 4.35. The number of Topliss-reactive ketones (excluding diaryl/α,β-unsaturated/α-hetero) is 2. The van der Waals surface area contributed by atoms with Gasteiger partial charge in [0.05, 0.1) is 17.2 Å².